The van der Waals surface area contributed by atoms with E-state index in [0.29, 0.717) is 0 Å². The third kappa shape index (κ3) is 4.88. The van der Waals surface area contributed by atoms with Gasteiger partial charge in [0.1, 0.15) is 5.75 Å². The van der Waals surface area contributed by atoms with Crippen LogP contribution in [0.3, 0.4) is 0 Å². The van der Waals surface area contributed by atoms with Gasteiger partial charge in [-0.2, -0.15) is 0 Å². The molecule has 25 heavy (non-hydrogen) atoms. The normalized spacial score (nSPS) is 23.2. The van der Waals surface area contributed by atoms with E-state index in [-0.39, 0.29) is 23.7 Å². The maximum atomic E-state index is 12.4. The zero-order valence-corrected chi connectivity index (χ0v) is 15.3. The van der Waals surface area contributed by atoms with Gasteiger partial charge in [-0.3, -0.25) is 0 Å². The molecule has 5 heteroatoms. The first-order valence-electron chi connectivity index (χ1n) is 9.42. The second-order valence-corrected chi connectivity index (χ2v) is 7.50. The molecule has 2 amide bonds. The van der Waals surface area contributed by atoms with E-state index < -0.39 is 0 Å². The lowest BCUT2D eigenvalue weighted by atomic mass is 9.89. The molecule has 0 bridgehead atoms. The molecule has 1 saturated heterocycles. The van der Waals surface area contributed by atoms with Gasteiger partial charge in [-0.25, -0.2) is 4.79 Å². The molecule has 1 aromatic rings. The standard InChI is InChI=1S/C20H30N2O3/c1-15(12-16-6-5-7-18(13-16)24-2)21-19(23)22-17-8-11-25-20(14-17)9-3-4-10-20/h5-7,13,15,17H,3-4,8-12,14H2,1-2H3,(H2,21,22,23)/t15-,17+/m1/s1. The number of carbonyl (C=O) groups is 1. The van der Waals surface area contributed by atoms with Crippen LogP contribution in [-0.2, 0) is 11.2 Å². The third-order valence-electron chi connectivity index (χ3n) is 5.40. The van der Waals surface area contributed by atoms with E-state index in [2.05, 4.69) is 16.7 Å². The third-order valence-corrected chi connectivity index (χ3v) is 5.40. The zero-order valence-electron chi connectivity index (χ0n) is 15.3. The summed E-state index contributed by atoms with van der Waals surface area (Å²) in [5, 5.41) is 6.22. The highest BCUT2D eigenvalue weighted by atomic mass is 16.5. The second kappa shape index (κ2) is 8.09. The van der Waals surface area contributed by atoms with Gasteiger partial charge >= 0.3 is 6.03 Å². The van der Waals surface area contributed by atoms with Crippen LogP contribution in [0.1, 0.15) is 51.0 Å². The Hall–Kier alpha value is -1.75. The van der Waals surface area contributed by atoms with Crippen LogP contribution in [0.5, 0.6) is 5.75 Å². The molecule has 2 fully saturated rings. The van der Waals surface area contributed by atoms with Crippen LogP contribution in [0.2, 0.25) is 0 Å². The predicted molar refractivity (Wildman–Crippen MR) is 98.0 cm³/mol. The summed E-state index contributed by atoms with van der Waals surface area (Å²) in [5.41, 5.74) is 1.19. The van der Waals surface area contributed by atoms with E-state index in [1.807, 2.05) is 25.1 Å². The van der Waals surface area contributed by atoms with Crippen LogP contribution < -0.4 is 15.4 Å². The first-order valence-corrected chi connectivity index (χ1v) is 9.42. The monoisotopic (exact) mass is 346 g/mol. The second-order valence-electron chi connectivity index (χ2n) is 7.50. The minimum absolute atomic E-state index is 0.0302. The molecule has 2 aliphatic rings. The van der Waals surface area contributed by atoms with Gasteiger partial charge in [-0.05, 0) is 56.7 Å². The number of hydrogen-bond donors (Lipinski definition) is 2. The first kappa shape index (κ1) is 18.1. The number of nitrogens with one attached hydrogen (secondary N) is 2. The number of amides is 2. The summed E-state index contributed by atoms with van der Waals surface area (Å²) in [4.78, 5) is 12.4. The predicted octanol–water partition coefficient (Wildman–Crippen LogP) is 3.42. The lowest BCUT2D eigenvalue weighted by molar-refractivity contribution is -0.0820. The summed E-state index contributed by atoms with van der Waals surface area (Å²) < 4.78 is 11.3. The molecule has 2 atom stereocenters. The molecule has 0 aromatic heterocycles. The Morgan fingerprint density at radius 2 is 2.20 bits per heavy atom. The smallest absolute Gasteiger partial charge is 0.315 e. The fourth-order valence-electron chi connectivity index (χ4n) is 4.17. The summed E-state index contributed by atoms with van der Waals surface area (Å²) in [7, 11) is 1.67. The van der Waals surface area contributed by atoms with Crippen molar-refractivity contribution in [1.82, 2.24) is 10.6 Å². The molecule has 1 saturated carbocycles. The Balaban J connectivity index is 1.46. The lowest BCUT2D eigenvalue weighted by Gasteiger charge is -2.38. The molecule has 5 nitrogen and oxygen atoms in total. The van der Waals surface area contributed by atoms with Crippen molar-refractivity contribution in [3.63, 3.8) is 0 Å². The molecule has 138 valence electrons. The van der Waals surface area contributed by atoms with Crippen LogP contribution in [-0.4, -0.2) is 37.4 Å². The first-order chi connectivity index (χ1) is 12.1. The zero-order chi connectivity index (χ0) is 17.7. The summed E-state index contributed by atoms with van der Waals surface area (Å²) in [5.74, 6) is 0.846. The molecular formula is C20H30N2O3. The van der Waals surface area contributed by atoms with Gasteiger partial charge in [-0.1, -0.05) is 25.0 Å². The number of benzene rings is 1. The number of carbonyl (C=O) groups excluding carboxylic acids is 1. The molecule has 2 N–H and O–H groups in total. The number of methoxy groups -OCH3 is 1. The lowest BCUT2D eigenvalue weighted by Crippen LogP contribution is -2.51. The van der Waals surface area contributed by atoms with Crippen molar-refractivity contribution in [1.29, 1.82) is 0 Å². The Bertz CT molecular complexity index is 584. The SMILES string of the molecule is COc1cccc(C[C@@H](C)NC(=O)N[C@H]2CCOC3(CCCC3)C2)c1. The topological polar surface area (TPSA) is 59.6 Å². The Morgan fingerprint density at radius 3 is 2.96 bits per heavy atom. The van der Waals surface area contributed by atoms with Crippen LogP contribution in [0.4, 0.5) is 4.79 Å². The maximum Gasteiger partial charge on any atom is 0.315 e. The van der Waals surface area contributed by atoms with Crippen molar-refractivity contribution in [3.8, 4) is 5.75 Å². The number of hydrogen-bond acceptors (Lipinski definition) is 3. The molecule has 0 radical (unpaired) electrons. The Kier molecular flexibility index (Phi) is 5.84. The van der Waals surface area contributed by atoms with E-state index in [1.54, 1.807) is 7.11 Å². The molecule has 1 aliphatic heterocycles. The van der Waals surface area contributed by atoms with Gasteiger partial charge in [0.15, 0.2) is 0 Å². The van der Waals surface area contributed by atoms with Gasteiger partial charge in [0, 0.05) is 18.7 Å². The molecule has 1 heterocycles. The highest BCUT2D eigenvalue weighted by molar-refractivity contribution is 5.74. The molecular weight excluding hydrogens is 316 g/mol. The Labute approximate surface area is 150 Å². The largest absolute Gasteiger partial charge is 0.497 e. The van der Waals surface area contributed by atoms with E-state index in [0.717, 1.165) is 50.0 Å². The van der Waals surface area contributed by atoms with Crippen molar-refractivity contribution in [3.05, 3.63) is 29.8 Å². The summed E-state index contributed by atoms with van der Waals surface area (Å²) in [6, 6.07) is 8.18. The van der Waals surface area contributed by atoms with E-state index in [4.69, 9.17) is 9.47 Å². The van der Waals surface area contributed by atoms with Crippen molar-refractivity contribution in [2.75, 3.05) is 13.7 Å². The van der Waals surface area contributed by atoms with Gasteiger partial charge in [0.05, 0.1) is 12.7 Å². The molecule has 0 unspecified atom stereocenters. The van der Waals surface area contributed by atoms with Crippen molar-refractivity contribution in [2.24, 2.45) is 0 Å². The van der Waals surface area contributed by atoms with Gasteiger partial charge in [0.25, 0.3) is 0 Å². The summed E-state index contributed by atoms with van der Waals surface area (Å²) in [6.07, 6.45) is 7.40. The van der Waals surface area contributed by atoms with Crippen LogP contribution in [0.15, 0.2) is 24.3 Å². The van der Waals surface area contributed by atoms with Crippen molar-refractivity contribution < 1.29 is 14.3 Å². The molecule has 1 spiro atoms. The average molecular weight is 346 g/mol. The van der Waals surface area contributed by atoms with Gasteiger partial charge in [0.2, 0.25) is 0 Å². The minimum Gasteiger partial charge on any atom is -0.497 e. The van der Waals surface area contributed by atoms with E-state index in [9.17, 15) is 4.79 Å². The number of urea groups is 1. The number of ether oxygens (including phenoxy) is 2. The minimum atomic E-state index is -0.0737. The van der Waals surface area contributed by atoms with Crippen LogP contribution in [0.25, 0.3) is 0 Å². The van der Waals surface area contributed by atoms with Crippen LogP contribution >= 0.6 is 0 Å². The number of rotatable bonds is 5. The van der Waals surface area contributed by atoms with Gasteiger partial charge in [-0.15, -0.1) is 0 Å². The Morgan fingerprint density at radius 1 is 1.40 bits per heavy atom. The summed E-state index contributed by atoms with van der Waals surface area (Å²) in [6.45, 7) is 2.78. The highest BCUT2D eigenvalue weighted by Crippen LogP contribution is 2.39. The highest BCUT2D eigenvalue weighted by Gasteiger charge is 2.40. The summed E-state index contributed by atoms with van der Waals surface area (Å²) >= 11 is 0. The molecule has 1 aromatic carbocycles. The average Bonchev–Trinajstić information content (AvgIpc) is 3.02. The van der Waals surface area contributed by atoms with Crippen molar-refractivity contribution >= 4 is 6.03 Å². The van der Waals surface area contributed by atoms with Gasteiger partial charge < -0.3 is 20.1 Å². The fourth-order valence-corrected chi connectivity index (χ4v) is 4.17. The van der Waals surface area contributed by atoms with E-state index in [1.165, 1.54) is 12.8 Å². The quantitative estimate of drug-likeness (QED) is 0.859. The molecule has 1 aliphatic carbocycles. The maximum absolute atomic E-state index is 12.4. The fraction of sp³-hybridized carbons (Fsp3) is 0.650. The van der Waals surface area contributed by atoms with Crippen molar-refractivity contribution in [2.45, 2.75) is 69.6 Å². The van der Waals surface area contributed by atoms with Crippen LogP contribution in [0, 0.1) is 0 Å². The van der Waals surface area contributed by atoms with E-state index >= 15 is 0 Å². The molecule has 3 rings (SSSR count).